The topological polar surface area (TPSA) is 105 Å². The molecule has 3 aromatic carbocycles. The van der Waals surface area contributed by atoms with Gasteiger partial charge >= 0.3 is 0 Å². The average Bonchev–Trinajstić information content (AvgIpc) is 2.86. The molecule has 0 aromatic heterocycles. The van der Waals surface area contributed by atoms with E-state index in [2.05, 4.69) is 10.6 Å². The molecule has 0 bridgehead atoms. The first-order chi connectivity index (χ1) is 16.8. The Morgan fingerprint density at radius 1 is 0.971 bits per heavy atom. The van der Waals surface area contributed by atoms with Gasteiger partial charge in [0.15, 0.2) is 0 Å². The van der Waals surface area contributed by atoms with Crippen molar-refractivity contribution in [2.45, 2.75) is 18.2 Å². The Kier molecular flexibility index (Phi) is 8.73. The Morgan fingerprint density at radius 2 is 1.63 bits per heavy atom. The molecule has 0 aliphatic rings. The molecule has 0 unspecified atom stereocenters. The van der Waals surface area contributed by atoms with Gasteiger partial charge in [-0.05, 0) is 67.1 Å². The van der Waals surface area contributed by atoms with E-state index < -0.39 is 22.5 Å². The lowest BCUT2D eigenvalue weighted by Gasteiger charge is -2.24. The molecule has 2 amide bonds. The summed E-state index contributed by atoms with van der Waals surface area (Å²) in [5.74, 6) is -0.450. The summed E-state index contributed by atoms with van der Waals surface area (Å²) < 4.78 is 33.1. The van der Waals surface area contributed by atoms with Gasteiger partial charge in [-0.1, -0.05) is 30.7 Å². The van der Waals surface area contributed by atoms with Crippen molar-refractivity contribution in [3.63, 3.8) is 0 Å². The fourth-order valence-electron chi connectivity index (χ4n) is 3.24. The Balaban J connectivity index is 1.91. The second-order valence-electron chi connectivity index (χ2n) is 7.51. The van der Waals surface area contributed by atoms with E-state index in [-0.39, 0.29) is 27.7 Å². The first-order valence-corrected chi connectivity index (χ1v) is 12.7. The maximum absolute atomic E-state index is 13.5. The zero-order valence-corrected chi connectivity index (χ0v) is 20.9. The SMILES string of the molecule is CCCNC(=O)c1ccccc1NC(=O)CN(c1ccc(Cl)cc1)S(=O)(=O)c1ccc(OC)cc1. The Bertz CT molecular complexity index is 1280. The van der Waals surface area contributed by atoms with E-state index in [9.17, 15) is 18.0 Å². The number of halogens is 1. The van der Waals surface area contributed by atoms with Gasteiger partial charge in [-0.3, -0.25) is 13.9 Å². The number of amides is 2. The van der Waals surface area contributed by atoms with Crippen molar-refractivity contribution < 1.29 is 22.7 Å². The predicted molar refractivity (Wildman–Crippen MR) is 137 cm³/mol. The number of nitrogens with zero attached hydrogens (tertiary/aromatic N) is 1. The largest absolute Gasteiger partial charge is 0.497 e. The van der Waals surface area contributed by atoms with Gasteiger partial charge in [0.1, 0.15) is 12.3 Å². The first kappa shape index (κ1) is 26.1. The summed E-state index contributed by atoms with van der Waals surface area (Å²) >= 11 is 5.98. The molecule has 0 aliphatic carbocycles. The molecule has 0 aliphatic heterocycles. The monoisotopic (exact) mass is 515 g/mol. The number of para-hydroxylation sites is 1. The highest BCUT2D eigenvalue weighted by Gasteiger charge is 2.28. The summed E-state index contributed by atoms with van der Waals surface area (Å²) in [6.07, 6.45) is 0.763. The van der Waals surface area contributed by atoms with E-state index in [1.54, 1.807) is 36.4 Å². The molecule has 184 valence electrons. The fraction of sp³-hybridized carbons (Fsp3) is 0.200. The summed E-state index contributed by atoms with van der Waals surface area (Å²) in [6.45, 7) is 1.90. The van der Waals surface area contributed by atoms with Gasteiger partial charge in [0.2, 0.25) is 5.91 Å². The molecule has 3 aromatic rings. The van der Waals surface area contributed by atoms with Gasteiger partial charge in [0.25, 0.3) is 15.9 Å². The van der Waals surface area contributed by atoms with E-state index in [0.29, 0.717) is 17.3 Å². The lowest BCUT2D eigenvalue weighted by molar-refractivity contribution is -0.114. The molecule has 3 rings (SSSR count). The Morgan fingerprint density at radius 3 is 2.26 bits per heavy atom. The molecule has 0 saturated carbocycles. The number of ether oxygens (including phenoxy) is 1. The highest BCUT2D eigenvalue weighted by Crippen LogP contribution is 2.26. The minimum atomic E-state index is -4.12. The molecule has 0 spiro atoms. The molecule has 0 heterocycles. The van der Waals surface area contributed by atoms with E-state index >= 15 is 0 Å². The molecule has 10 heteroatoms. The number of methoxy groups -OCH3 is 1. The summed E-state index contributed by atoms with van der Waals surface area (Å²) in [5, 5.41) is 5.86. The third kappa shape index (κ3) is 6.52. The van der Waals surface area contributed by atoms with Gasteiger partial charge in [0.05, 0.1) is 28.9 Å². The zero-order chi connectivity index (χ0) is 25.4. The smallest absolute Gasteiger partial charge is 0.264 e. The predicted octanol–water partition coefficient (Wildman–Crippen LogP) is 4.32. The number of hydrogen-bond acceptors (Lipinski definition) is 5. The molecule has 0 atom stereocenters. The van der Waals surface area contributed by atoms with Crippen LogP contribution in [0.2, 0.25) is 5.02 Å². The lowest BCUT2D eigenvalue weighted by atomic mass is 10.1. The van der Waals surface area contributed by atoms with Crippen LogP contribution in [-0.2, 0) is 14.8 Å². The van der Waals surface area contributed by atoms with Crippen LogP contribution in [0.4, 0.5) is 11.4 Å². The van der Waals surface area contributed by atoms with Gasteiger partial charge in [0, 0.05) is 11.6 Å². The minimum absolute atomic E-state index is 0.0135. The number of rotatable bonds is 10. The average molecular weight is 516 g/mol. The van der Waals surface area contributed by atoms with Crippen LogP contribution in [0, 0.1) is 0 Å². The van der Waals surface area contributed by atoms with E-state index in [1.807, 2.05) is 6.92 Å². The van der Waals surface area contributed by atoms with Crippen molar-refractivity contribution in [1.82, 2.24) is 5.32 Å². The highest BCUT2D eigenvalue weighted by molar-refractivity contribution is 7.92. The fourth-order valence-corrected chi connectivity index (χ4v) is 4.79. The Labute approximate surface area is 209 Å². The summed E-state index contributed by atoms with van der Waals surface area (Å²) in [4.78, 5) is 25.5. The molecule has 0 fully saturated rings. The minimum Gasteiger partial charge on any atom is -0.497 e. The number of anilines is 2. The third-order valence-corrected chi connectivity index (χ3v) is 7.07. The van der Waals surface area contributed by atoms with E-state index in [1.165, 1.54) is 43.5 Å². The summed E-state index contributed by atoms with van der Waals surface area (Å²) in [5.41, 5.74) is 0.823. The number of carbonyl (C=O) groups is 2. The molecular formula is C25H26ClN3O5S. The van der Waals surface area contributed by atoms with Crippen LogP contribution in [0.3, 0.4) is 0 Å². The maximum atomic E-state index is 13.5. The molecule has 0 radical (unpaired) electrons. The van der Waals surface area contributed by atoms with Crippen LogP contribution in [0.1, 0.15) is 23.7 Å². The van der Waals surface area contributed by atoms with Crippen molar-refractivity contribution in [1.29, 1.82) is 0 Å². The normalized spacial score (nSPS) is 10.9. The third-order valence-electron chi connectivity index (χ3n) is 5.03. The molecule has 35 heavy (non-hydrogen) atoms. The number of benzene rings is 3. The van der Waals surface area contributed by atoms with Crippen molar-refractivity contribution in [2.24, 2.45) is 0 Å². The number of carbonyl (C=O) groups excluding carboxylic acids is 2. The van der Waals surface area contributed by atoms with Crippen LogP contribution in [0.5, 0.6) is 5.75 Å². The van der Waals surface area contributed by atoms with Crippen LogP contribution in [0.25, 0.3) is 0 Å². The van der Waals surface area contributed by atoms with Gasteiger partial charge in [-0.15, -0.1) is 0 Å². The second-order valence-corrected chi connectivity index (χ2v) is 9.81. The number of nitrogens with one attached hydrogen (secondary N) is 2. The van der Waals surface area contributed by atoms with Crippen molar-refractivity contribution in [3.05, 3.63) is 83.4 Å². The zero-order valence-electron chi connectivity index (χ0n) is 19.3. The number of sulfonamides is 1. The van der Waals surface area contributed by atoms with Crippen LogP contribution in [-0.4, -0.2) is 40.4 Å². The van der Waals surface area contributed by atoms with Crippen molar-refractivity contribution in [3.8, 4) is 5.75 Å². The van der Waals surface area contributed by atoms with Crippen molar-refractivity contribution in [2.75, 3.05) is 29.8 Å². The molecule has 0 saturated heterocycles. The quantitative estimate of drug-likeness (QED) is 0.418. The van der Waals surface area contributed by atoms with Crippen molar-refractivity contribution >= 4 is 44.8 Å². The van der Waals surface area contributed by atoms with E-state index in [4.69, 9.17) is 16.3 Å². The molecule has 2 N–H and O–H groups in total. The standard InChI is InChI=1S/C25H26ClN3O5S/c1-3-16-27-25(31)22-6-4-5-7-23(22)28-24(30)17-29(19-10-8-18(26)9-11-19)35(32,33)21-14-12-20(34-2)13-15-21/h4-15H,3,16-17H2,1-2H3,(H,27,31)(H,28,30). The number of hydrogen-bond donors (Lipinski definition) is 2. The lowest BCUT2D eigenvalue weighted by Crippen LogP contribution is -2.38. The van der Waals surface area contributed by atoms with Gasteiger partial charge < -0.3 is 15.4 Å². The van der Waals surface area contributed by atoms with Crippen LogP contribution < -0.4 is 19.7 Å². The molecular weight excluding hydrogens is 490 g/mol. The molecule has 8 nitrogen and oxygen atoms in total. The summed E-state index contributed by atoms with van der Waals surface area (Å²) in [6, 6.07) is 18.5. The first-order valence-electron chi connectivity index (χ1n) is 10.9. The Hall–Kier alpha value is -3.56. The van der Waals surface area contributed by atoms with E-state index in [0.717, 1.165) is 10.7 Å². The highest BCUT2D eigenvalue weighted by atomic mass is 35.5. The van der Waals surface area contributed by atoms with Crippen LogP contribution >= 0.6 is 11.6 Å². The maximum Gasteiger partial charge on any atom is 0.264 e. The second kappa shape index (κ2) is 11.7. The van der Waals surface area contributed by atoms with Crippen LogP contribution in [0.15, 0.2) is 77.7 Å². The van der Waals surface area contributed by atoms with Gasteiger partial charge in [-0.25, -0.2) is 8.42 Å². The summed E-state index contributed by atoms with van der Waals surface area (Å²) in [7, 11) is -2.64. The van der Waals surface area contributed by atoms with Gasteiger partial charge in [-0.2, -0.15) is 0 Å².